The van der Waals surface area contributed by atoms with Crippen LogP contribution in [0.2, 0.25) is 0 Å². The summed E-state index contributed by atoms with van der Waals surface area (Å²) in [5.41, 5.74) is -3.93. The second kappa shape index (κ2) is 12.7. The van der Waals surface area contributed by atoms with Crippen molar-refractivity contribution in [1.82, 2.24) is 0 Å². The Balaban J connectivity index is 0.000000609. The van der Waals surface area contributed by atoms with Crippen molar-refractivity contribution in [3.63, 3.8) is 0 Å². The van der Waals surface area contributed by atoms with E-state index in [1.807, 2.05) is 0 Å². The normalized spacial score (nSPS) is 15.3. The fraction of sp³-hybridized carbons (Fsp3) is 0.941. The van der Waals surface area contributed by atoms with Gasteiger partial charge in [-0.25, -0.2) is 13.0 Å². The van der Waals surface area contributed by atoms with Gasteiger partial charge in [0.2, 0.25) is 0 Å². The second-order valence-corrected chi connectivity index (χ2v) is 7.76. The van der Waals surface area contributed by atoms with E-state index in [9.17, 15) is 13.2 Å². The van der Waals surface area contributed by atoms with Crippen molar-refractivity contribution >= 4 is 15.8 Å². The summed E-state index contributed by atoms with van der Waals surface area (Å²) >= 11 is 0. The van der Waals surface area contributed by atoms with Gasteiger partial charge in [0.15, 0.2) is 15.8 Å². The van der Waals surface area contributed by atoms with Crippen molar-refractivity contribution in [3.8, 4) is 0 Å². The molecule has 25 heavy (non-hydrogen) atoms. The summed E-state index contributed by atoms with van der Waals surface area (Å²) in [6.07, 6.45) is 15.5. The quantitative estimate of drug-likeness (QED) is 0.233. The molecule has 0 aromatic heterocycles. The molecular formula is C17H32F3NO3S. The number of nitrogens with zero attached hydrogens (tertiary/aromatic N) is 1. The van der Waals surface area contributed by atoms with Crippen LogP contribution in [0.5, 0.6) is 0 Å². The highest BCUT2D eigenvalue weighted by Crippen LogP contribution is 2.20. The Morgan fingerprint density at radius 1 is 1.00 bits per heavy atom. The first-order valence-electron chi connectivity index (χ1n) is 9.25. The Morgan fingerprint density at radius 2 is 1.48 bits per heavy atom. The number of alkyl halides is 3. The van der Waals surface area contributed by atoms with E-state index < -0.39 is 15.6 Å². The minimum atomic E-state index is -6.09. The summed E-state index contributed by atoms with van der Waals surface area (Å²) < 4.78 is 61.6. The van der Waals surface area contributed by atoms with Crippen LogP contribution in [0.25, 0.3) is 0 Å². The van der Waals surface area contributed by atoms with Gasteiger partial charge in [0.1, 0.15) is 13.1 Å². The van der Waals surface area contributed by atoms with Gasteiger partial charge in [-0.05, 0) is 6.42 Å². The van der Waals surface area contributed by atoms with Crippen LogP contribution >= 0.6 is 0 Å². The first kappa shape index (κ1) is 24.4. The fourth-order valence-corrected chi connectivity index (χ4v) is 2.90. The third-order valence-electron chi connectivity index (χ3n) is 4.31. The lowest BCUT2D eigenvalue weighted by atomic mass is 10.1. The summed E-state index contributed by atoms with van der Waals surface area (Å²) in [6, 6.07) is 0. The van der Waals surface area contributed by atoms with Crippen LogP contribution in [0, 0.1) is 0 Å². The molecule has 0 spiro atoms. The van der Waals surface area contributed by atoms with Crippen molar-refractivity contribution in [1.29, 1.82) is 0 Å². The molecule has 0 aromatic rings. The minimum Gasteiger partial charge on any atom is -0.741 e. The molecule has 0 radical (unpaired) electrons. The molecule has 0 fully saturated rings. The number of halogens is 3. The van der Waals surface area contributed by atoms with Crippen LogP contribution in [0.4, 0.5) is 13.2 Å². The fourth-order valence-electron chi connectivity index (χ4n) is 2.90. The van der Waals surface area contributed by atoms with Crippen LogP contribution < -0.4 is 0 Å². The van der Waals surface area contributed by atoms with E-state index in [4.69, 9.17) is 13.0 Å². The zero-order chi connectivity index (χ0) is 19.3. The van der Waals surface area contributed by atoms with Gasteiger partial charge in [-0.1, -0.05) is 52.4 Å². The summed E-state index contributed by atoms with van der Waals surface area (Å²) in [7, 11) is -6.09. The molecule has 0 bridgehead atoms. The van der Waals surface area contributed by atoms with E-state index in [0.29, 0.717) is 0 Å². The average molecular weight is 388 g/mol. The first-order valence-corrected chi connectivity index (χ1v) is 10.7. The molecule has 150 valence electrons. The Hall–Kier alpha value is -0.630. The molecule has 8 heteroatoms. The summed E-state index contributed by atoms with van der Waals surface area (Å²) in [6.45, 7) is 7.26. The predicted octanol–water partition coefficient (Wildman–Crippen LogP) is 4.84. The molecule has 1 heterocycles. The molecule has 1 aliphatic heterocycles. The van der Waals surface area contributed by atoms with Crippen molar-refractivity contribution < 1.29 is 30.7 Å². The summed E-state index contributed by atoms with van der Waals surface area (Å²) in [5.74, 6) is 0. The van der Waals surface area contributed by atoms with E-state index in [1.54, 1.807) is 5.71 Å². The van der Waals surface area contributed by atoms with Crippen LogP contribution in [0.3, 0.4) is 0 Å². The number of hydrogen-bond donors (Lipinski definition) is 0. The van der Waals surface area contributed by atoms with Crippen molar-refractivity contribution in [2.45, 2.75) is 90.0 Å². The van der Waals surface area contributed by atoms with Crippen LogP contribution in [-0.4, -0.2) is 41.9 Å². The van der Waals surface area contributed by atoms with E-state index >= 15 is 0 Å². The van der Waals surface area contributed by atoms with Crippen LogP contribution in [0.15, 0.2) is 0 Å². The molecule has 0 N–H and O–H groups in total. The van der Waals surface area contributed by atoms with Crippen molar-refractivity contribution in [2.75, 3.05) is 13.1 Å². The molecule has 0 saturated heterocycles. The van der Waals surface area contributed by atoms with Gasteiger partial charge >= 0.3 is 5.51 Å². The molecule has 0 atom stereocenters. The highest BCUT2D eigenvalue weighted by molar-refractivity contribution is 7.86. The van der Waals surface area contributed by atoms with Crippen molar-refractivity contribution in [3.05, 3.63) is 0 Å². The van der Waals surface area contributed by atoms with Gasteiger partial charge in [0.25, 0.3) is 0 Å². The van der Waals surface area contributed by atoms with Crippen LogP contribution in [-0.2, 0) is 10.1 Å². The number of unbranched alkanes of at least 4 members (excludes halogenated alkanes) is 7. The smallest absolute Gasteiger partial charge is 0.485 e. The Bertz CT molecular complexity index is 488. The largest absolute Gasteiger partial charge is 0.741 e. The predicted molar refractivity (Wildman–Crippen MR) is 92.9 cm³/mol. The molecule has 4 nitrogen and oxygen atoms in total. The van der Waals surface area contributed by atoms with E-state index in [2.05, 4.69) is 18.4 Å². The van der Waals surface area contributed by atoms with E-state index in [-0.39, 0.29) is 0 Å². The molecule has 1 aliphatic rings. The Labute approximate surface area is 150 Å². The summed E-state index contributed by atoms with van der Waals surface area (Å²) in [4.78, 5) is 0. The van der Waals surface area contributed by atoms with Gasteiger partial charge in [0.05, 0.1) is 0 Å². The zero-order valence-electron chi connectivity index (χ0n) is 15.4. The topological polar surface area (TPSA) is 60.2 Å². The first-order chi connectivity index (χ1) is 11.6. The maximum absolute atomic E-state index is 10.7. The lowest BCUT2D eigenvalue weighted by Gasteiger charge is -2.08. The van der Waals surface area contributed by atoms with Gasteiger partial charge in [0, 0.05) is 25.7 Å². The maximum atomic E-state index is 10.7. The molecule has 0 amide bonds. The lowest BCUT2D eigenvalue weighted by molar-refractivity contribution is -0.521. The van der Waals surface area contributed by atoms with E-state index in [1.165, 1.54) is 83.7 Å². The molecule has 0 aromatic carbocycles. The Morgan fingerprint density at radius 3 is 1.92 bits per heavy atom. The third kappa shape index (κ3) is 11.6. The number of hydrogen-bond acceptors (Lipinski definition) is 3. The highest BCUT2D eigenvalue weighted by atomic mass is 32.2. The number of rotatable bonds is 10. The van der Waals surface area contributed by atoms with Crippen molar-refractivity contribution in [2.24, 2.45) is 0 Å². The van der Waals surface area contributed by atoms with Crippen LogP contribution in [0.1, 0.15) is 84.5 Å². The minimum absolute atomic E-state index is 1.27. The SMILES string of the molecule is CCCCCCCCCC[N+]1=C(CC)CCC1.O=S(=O)([O-])C(F)(F)F. The molecular weight excluding hydrogens is 355 g/mol. The summed E-state index contributed by atoms with van der Waals surface area (Å²) in [5, 5.41) is 0. The van der Waals surface area contributed by atoms with Gasteiger partial charge in [-0.15, -0.1) is 0 Å². The van der Waals surface area contributed by atoms with Gasteiger partial charge < -0.3 is 4.55 Å². The maximum Gasteiger partial charge on any atom is 0.485 e. The molecule has 1 rings (SSSR count). The standard InChI is InChI=1S/C16H32N.CHF3O3S/c1-3-5-6-7-8-9-10-11-14-17-15-12-13-16(17)4-2;2-1(3,4)8(5,6)7/h3-15H2,1-2H3;(H,5,6,7)/q+1;/p-1. The van der Waals surface area contributed by atoms with Gasteiger partial charge in [-0.3, -0.25) is 0 Å². The van der Waals surface area contributed by atoms with Gasteiger partial charge in [-0.2, -0.15) is 13.2 Å². The average Bonchev–Trinajstić information content (AvgIpc) is 2.96. The monoisotopic (exact) mass is 387 g/mol. The molecule has 0 saturated carbocycles. The third-order valence-corrected chi connectivity index (χ3v) is 4.88. The lowest BCUT2D eigenvalue weighted by Crippen LogP contribution is -2.21. The highest BCUT2D eigenvalue weighted by Gasteiger charge is 2.36. The Kier molecular flexibility index (Phi) is 12.4. The molecule has 0 unspecified atom stereocenters. The zero-order valence-corrected chi connectivity index (χ0v) is 16.2. The second-order valence-electron chi connectivity index (χ2n) is 6.39. The molecule has 0 aliphatic carbocycles. The van der Waals surface area contributed by atoms with E-state index in [0.717, 1.165) is 0 Å².